The minimum Gasteiger partial charge on any atom is -0.478 e. The second kappa shape index (κ2) is 9.05. The van der Waals surface area contributed by atoms with E-state index in [1.807, 2.05) is 4.90 Å². The number of aromatic carboxylic acids is 1. The zero-order valence-electron chi connectivity index (χ0n) is 15.4. The first kappa shape index (κ1) is 20.1. The van der Waals surface area contributed by atoms with Crippen LogP contribution in [0.5, 0.6) is 0 Å². The highest BCUT2D eigenvalue weighted by Crippen LogP contribution is 2.25. The summed E-state index contributed by atoms with van der Waals surface area (Å²) < 4.78 is 11.0. The van der Waals surface area contributed by atoms with Crippen LogP contribution in [0.3, 0.4) is 0 Å². The summed E-state index contributed by atoms with van der Waals surface area (Å²) in [5.41, 5.74) is 1.29. The highest BCUT2D eigenvalue weighted by atomic mass is 35.5. The van der Waals surface area contributed by atoms with Gasteiger partial charge < -0.3 is 24.8 Å². The minimum atomic E-state index is -1.09. The van der Waals surface area contributed by atoms with Crippen molar-refractivity contribution < 1.29 is 24.2 Å². The van der Waals surface area contributed by atoms with E-state index in [-0.39, 0.29) is 11.7 Å². The molecule has 1 heterocycles. The van der Waals surface area contributed by atoms with E-state index in [0.29, 0.717) is 48.3 Å². The Balaban J connectivity index is 1.78. The molecule has 3 rings (SSSR count). The summed E-state index contributed by atoms with van der Waals surface area (Å²) in [5, 5.41) is 12.6. The van der Waals surface area contributed by atoms with Gasteiger partial charge in [-0.05, 0) is 30.3 Å². The van der Waals surface area contributed by atoms with Crippen molar-refractivity contribution in [3.05, 3.63) is 58.6 Å². The quantitative estimate of drug-likeness (QED) is 0.769. The Morgan fingerprint density at radius 3 is 2.68 bits per heavy atom. The summed E-state index contributed by atoms with van der Waals surface area (Å²) in [4.78, 5) is 26.0. The monoisotopic (exact) mass is 404 g/mol. The van der Waals surface area contributed by atoms with Crippen molar-refractivity contribution in [2.24, 2.45) is 0 Å². The second-order valence-electron chi connectivity index (χ2n) is 6.42. The van der Waals surface area contributed by atoms with Gasteiger partial charge in [-0.1, -0.05) is 23.7 Å². The number of nitrogens with one attached hydrogen (secondary N) is 1. The van der Waals surface area contributed by atoms with Crippen molar-refractivity contribution in [3.63, 3.8) is 0 Å². The lowest BCUT2D eigenvalue weighted by Gasteiger charge is -2.29. The molecule has 1 aliphatic rings. The molecule has 1 unspecified atom stereocenters. The Hall–Kier alpha value is -2.61. The number of carboxylic acids is 1. The van der Waals surface area contributed by atoms with Gasteiger partial charge >= 0.3 is 5.97 Å². The predicted octanol–water partition coefficient (Wildman–Crippen LogP) is 3.14. The average Bonchev–Trinajstić information content (AvgIpc) is 2.69. The van der Waals surface area contributed by atoms with Gasteiger partial charge in [-0.25, -0.2) is 4.79 Å². The van der Waals surface area contributed by atoms with Gasteiger partial charge in [0.2, 0.25) is 0 Å². The van der Waals surface area contributed by atoms with Crippen LogP contribution in [-0.4, -0.2) is 56.5 Å². The lowest BCUT2D eigenvalue weighted by atomic mass is 10.1. The lowest BCUT2D eigenvalue weighted by Crippen LogP contribution is -2.38. The highest BCUT2D eigenvalue weighted by Gasteiger charge is 2.21. The first-order valence-corrected chi connectivity index (χ1v) is 9.17. The summed E-state index contributed by atoms with van der Waals surface area (Å²) in [6.45, 7) is 2.06. The predicted molar refractivity (Wildman–Crippen MR) is 107 cm³/mol. The third-order valence-electron chi connectivity index (χ3n) is 4.38. The number of nitrogens with zero attached hydrogens (tertiary/aromatic N) is 1. The number of amides is 1. The molecule has 0 saturated carbocycles. The number of benzene rings is 2. The number of carboxylic acid groups (broad SMARTS) is 1. The van der Waals surface area contributed by atoms with E-state index in [1.54, 1.807) is 43.4 Å². The molecule has 1 amide bonds. The third kappa shape index (κ3) is 4.81. The van der Waals surface area contributed by atoms with Crippen molar-refractivity contribution in [2.75, 3.05) is 43.6 Å². The van der Waals surface area contributed by atoms with E-state index in [1.165, 1.54) is 6.07 Å². The standard InChI is InChI=1S/C20H21ClN2O5/c1-23(11-14-12-27-8-9-28-14)18-7-6-13(10-16(18)20(25)26)22-19(24)15-4-2-3-5-17(15)21/h2-7,10,14H,8-9,11-12H2,1H3,(H,22,24)(H,25,26). The molecular weight excluding hydrogens is 384 g/mol. The van der Waals surface area contributed by atoms with Crippen LogP contribution < -0.4 is 10.2 Å². The Bertz CT molecular complexity index is 867. The van der Waals surface area contributed by atoms with Crippen LogP contribution in [0, 0.1) is 0 Å². The fourth-order valence-electron chi connectivity index (χ4n) is 3.01. The fraction of sp³-hybridized carbons (Fsp3) is 0.300. The summed E-state index contributed by atoms with van der Waals surface area (Å²) in [5.74, 6) is -1.49. The molecule has 0 bridgehead atoms. The van der Waals surface area contributed by atoms with Gasteiger partial charge in [-0.3, -0.25) is 4.79 Å². The van der Waals surface area contributed by atoms with Gasteiger partial charge in [-0.2, -0.15) is 0 Å². The molecule has 1 saturated heterocycles. The number of hydrogen-bond acceptors (Lipinski definition) is 5. The molecule has 0 aliphatic carbocycles. The molecule has 1 fully saturated rings. The number of halogens is 1. The van der Waals surface area contributed by atoms with Gasteiger partial charge in [0.15, 0.2) is 0 Å². The summed E-state index contributed by atoms with van der Waals surface area (Å²) in [7, 11) is 1.79. The van der Waals surface area contributed by atoms with Crippen molar-refractivity contribution in [1.82, 2.24) is 0 Å². The second-order valence-corrected chi connectivity index (χ2v) is 6.83. The Labute approximate surface area is 167 Å². The molecule has 0 radical (unpaired) electrons. The largest absolute Gasteiger partial charge is 0.478 e. The molecule has 2 aromatic carbocycles. The number of rotatable bonds is 6. The van der Waals surface area contributed by atoms with Gasteiger partial charge in [0.05, 0.1) is 47.8 Å². The molecule has 1 aliphatic heterocycles. The molecule has 2 aromatic rings. The number of ether oxygens (including phenoxy) is 2. The zero-order valence-corrected chi connectivity index (χ0v) is 16.1. The molecule has 2 N–H and O–H groups in total. The van der Waals surface area contributed by atoms with E-state index in [4.69, 9.17) is 21.1 Å². The first-order valence-electron chi connectivity index (χ1n) is 8.79. The number of carbonyl (C=O) groups excluding carboxylic acids is 1. The molecule has 28 heavy (non-hydrogen) atoms. The summed E-state index contributed by atoms with van der Waals surface area (Å²) in [6.07, 6.45) is -0.125. The Morgan fingerprint density at radius 1 is 1.21 bits per heavy atom. The van der Waals surface area contributed by atoms with Crippen LogP contribution in [0.15, 0.2) is 42.5 Å². The number of hydrogen-bond donors (Lipinski definition) is 2. The SMILES string of the molecule is CN(CC1COCCO1)c1ccc(NC(=O)c2ccccc2Cl)cc1C(=O)O. The van der Waals surface area contributed by atoms with Crippen molar-refractivity contribution in [1.29, 1.82) is 0 Å². The molecule has 8 heteroatoms. The van der Waals surface area contributed by atoms with Crippen LogP contribution >= 0.6 is 11.6 Å². The van der Waals surface area contributed by atoms with Crippen LogP contribution in [0.25, 0.3) is 0 Å². The number of carbonyl (C=O) groups is 2. The smallest absolute Gasteiger partial charge is 0.337 e. The summed E-state index contributed by atoms with van der Waals surface area (Å²) in [6, 6.07) is 11.4. The maximum atomic E-state index is 12.4. The fourth-order valence-corrected chi connectivity index (χ4v) is 3.23. The Kier molecular flexibility index (Phi) is 6.51. The van der Waals surface area contributed by atoms with Crippen molar-refractivity contribution >= 4 is 34.9 Å². The summed E-state index contributed by atoms with van der Waals surface area (Å²) >= 11 is 6.04. The van der Waals surface area contributed by atoms with E-state index < -0.39 is 11.9 Å². The highest BCUT2D eigenvalue weighted by molar-refractivity contribution is 6.34. The maximum absolute atomic E-state index is 12.4. The van der Waals surface area contributed by atoms with Gasteiger partial charge in [0.1, 0.15) is 0 Å². The number of likely N-dealkylation sites (N-methyl/N-ethyl adjacent to an activating group) is 1. The molecule has 1 atom stereocenters. The lowest BCUT2D eigenvalue weighted by molar-refractivity contribution is -0.0837. The average molecular weight is 405 g/mol. The normalized spacial score (nSPS) is 16.4. The van der Waals surface area contributed by atoms with Crippen molar-refractivity contribution in [2.45, 2.75) is 6.10 Å². The number of anilines is 2. The molecule has 7 nitrogen and oxygen atoms in total. The topological polar surface area (TPSA) is 88.1 Å². The van der Waals surface area contributed by atoms with Gasteiger partial charge in [0, 0.05) is 19.3 Å². The van der Waals surface area contributed by atoms with E-state index in [2.05, 4.69) is 5.32 Å². The molecule has 148 valence electrons. The van der Waals surface area contributed by atoms with Crippen molar-refractivity contribution in [3.8, 4) is 0 Å². The maximum Gasteiger partial charge on any atom is 0.337 e. The molecule has 0 aromatic heterocycles. The molecular formula is C20H21ClN2O5. The van der Waals surface area contributed by atoms with E-state index >= 15 is 0 Å². The van der Waals surface area contributed by atoms with Crippen LogP contribution in [0.1, 0.15) is 20.7 Å². The zero-order chi connectivity index (χ0) is 20.1. The van der Waals surface area contributed by atoms with Crippen LogP contribution in [-0.2, 0) is 9.47 Å². The third-order valence-corrected chi connectivity index (χ3v) is 4.71. The van der Waals surface area contributed by atoms with Gasteiger partial charge in [0.25, 0.3) is 5.91 Å². The van der Waals surface area contributed by atoms with E-state index in [0.717, 1.165) is 0 Å². The van der Waals surface area contributed by atoms with E-state index in [9.17, 15) is 14.7 Å². The molecule has 0 spiro atoms. The minimum absolute atomic E-state index is 0.0798. The first-order chi connectivity index (χ1) is 13.5. The Morgan fingerprint density at radius 2 is 2.00 bits per heavy atom. The van der Waals surface area contributed by atoms with Crippen LogP contribution in [0.2, 0.25) is 5.02 Å². The van der Waals surface area contributed by atoms with Gasteiger partial charge in [-0.15, -0.1) is 0 Å². The van der Waals surface area contributed by atoms with Crippen LogP contribution in [0.4, 0.5) is 11.4 Å².